The summed E-state index contributed by atoms with van der Waals surface area (Å²) in [7, 11) is 0. The van der Waals surface area contributed by atoms with Crippen LogP contribution in [0.15, 0.2) is 54.6 Å². The van der Waals surface area contributed by atoms with Crippen LogP contribution in [-0.4, -0.2) is 17.7 Å². The third kappa shape index (κ3) is 3.58. The van der Waals surface area contributed by atoms with Crippen LogP contribution in [-0.2, 0) is 22.4 Å². The number of anilines is 2. The minimum Gasteiger partial charge on any atom is -0.321 e. The van der Waals surface area contributed by atoms with Crippen molar-refractivity contribution in [3.63, 3.8) is 0 Å². The number of imide groups is 1. The summed E-state index contributed by atoms with van der Waals surface area (Å²) in [4.78, 5) is 41.0. The van der Waals surface area contributed by atoms with E-state index in [4.69, 9.17) is 0 Å². The monoisotopic (exact) mass is 416 g/mol. The molecule has 5 nitrogen and oxygen atoms in total. The third-order valence-corrected chi connectivity index (χ3v) is 6.50. The Morgan fingerprint density at radius 3 is 2.32 bits per heavy atom. The van der Waals surface area contributed by atoms with Crippen molar-refractivity contribution in [3.05, 3.63) is 71.3 Å². The highest BCUT2D eigenvalue weighted by atomic mass is 16.2. The molecule has 0 bridgehead atoms. The van der Waals surface area contributed by atoms with Crippen molar-refractivity contribution in [2.45, 2.75) is 40.0 Å². The number of allylic oxidation sites excluding steroid dienone is 2. The molecule has 2 aliphatic rings. The summed E-state index contributed by atoms with van der Waals surface area (Å²) in [6.07, 6.45) is 6.13. The Kier molecular flexibility index (Phi) is 5.77. The highest BCUT2D eigenvalue weighted by Gasteiger charge is 2.51. The first kappa shape index (κ1) is 21.0. The maximum atomic E-state index is 13.3. The Morgan fingerprint density at radius 2 is 1.68 bits per heavy atom. The van der Waals surface area contributed by atoms with Crippen LogP contribution in [0.4, 0.5) is 11.4 Å². The standard InChI is InChI=1S/C26H28N2O3/c1-4-17-11-9-12-18(5-2)23(17)27-24(29)19-13-6-7-15-21(19)28-25(30)20-14-8-10-16(3)22(20)26(28)31/h6-13,15-16,20,22H,4-5,14H2,1-3H3,(H,27,29)/t16-,20-,22+/m1/s1. The average Bonchev–Trinajstić information content (AvgIpc) is 3.04. The Bertz CT molecular complexity index is 1050. The fourth-order valence-electron chi connectivity index (χ4n) is 4.83. The van der Waals surface area contributed by atoms with E-state index in [2.05, 4.69) is 19.2 Å². The third-order valence-electron chi connectivity index (χ3n) is 6.50. The zero-order valence-corrected chi connectivity index (χ0v) is 18.2. The number of nitrogens with zero attached hydrogens (tertiary/aromatic N) is 1. The maximum absolute atomic E-state index is 13.3. The van der Waals surface area contributed by atoms with Gasteiger partial charge in [0.1, 0.15) is 0 Å². The van der Waals surface area contributed by atoms with E-state index in [0.29, 0.717) is 17.7 Å². The molecule has 3 atom stereocenters. The number of hydrogen-bond acceptors (Lipinski definition) is 3. The molecule has 5 heteroatoms. The zero-order chi connectivity index (χ0) is 22.1. The summed E-state index contributed by atoms with van der Waals surface area (Å²) in [5.74, 6) is -1.44. The van der Waals surface area contributed by atoms with E-state index in [-0.39, 0.29) is 35.5 Å². The molecule has 0 spiro atoms. The molecule has 1 aliphatic heterocycles. The molecule has 1 fully saturated rings. The van der Waals surface area contributed by atoms with E-state index in [1.807, 2.05) is 37.3 Å². The van der Waals surface area contributed by atoms with Gasteiger partial charge in [0, 0.05) is 5.69 Å². The SMILES string of the molecule is CCc1cccc(CC)c1NC(=O)c1ccccc1N1C(=O)[C@H]2[C@H](C)C=CC[C@H]2C1=O. The lowest BCUT2D eigenvalue weighted by Crippen LogP contribution is -2.33. The van der Waals surface area contributed by atoms with E-state index >= 15 is 0 Å². The summed E-state index contributed by atoms with van der Waals surface area (Å²) >= 11 is 0. The molecule has 1 aliphatic carbocycles. The highest BCUT2D eigenvalue weighted by Crippen LogP contribution is 2.41. The van der Waals surface area contributed by atoms with E-state index in [1.54, 1.807) is 24.3 Å². The molecule has 0 radical (unpaired) electrons. The molecule has 1 saturated heterocycles. The van der Waals surface area contributed by atoms with Crippen molar-refractivity contribution in [3.8, 4) is 0 Å². The van der Waals surface area contributed by atoms with Crippen molar-refractivity contribution in [1.29, 1.82) is 0 Å². The van der Waals surface area contributed by atoms with E-state index in [9.17, 15) is 14.4 Å². The first-order valence-electron chi connectivity index (χ1n) is 11.0. The van der Waals surface area contributed by atoms with Crippen LogP contribution < -0.4 is 10.2 Å². The number of carbonyl (C=O) groups excluding carboxylic acids is 3. The Hall–Kier alpha value is -3.21. The minimum atomic E-state index is -0.360. The number of hydrogen-bond donors (Lipinski definition) is 1. The lowest BCUT2D eigenvalue weighted by molar-refractivity contribution is -0.122. The number of amides is 3. The number of fused-ring (bicyclic) bond motifs is 1. The van der Waals surface area contributed by atoms with Gasteiger partial charge in [-0.1, -0.05) is 63.3 Å². The molecule has 1 heterocycles. The first-order valence-corrected chi connectivity index (χ1v) is 11.0. The molecule has 2 aromatic rings. The molecule has 1 N–H and O–H groups in total. The summed E-state index contributed by atoms with van der Waals surface area (Å²) < 4.78 is 0. The van der Waals surface area contributed by atoms with Crippen molar-refractivity contribution < 1.29 is 14.4 Å². The number of carbonyl (C=O) groups is 3. The Labute approximate surface area is 183 Å². The normalized spacial score (nSPS) is 22.5. The van der Waals surface area contributed by atoms with Gasteiger partial charge in [0.05, 0.1) is 23.1 Å². The van der Waals surface area contributed by atoms with Crippen molar-refractivity contribution >= 4 is 29.1 Å². The molecular weight excluding hydrogens is 388 g/mol. The molecule has 3 amide bonds. The van der Waals surface area contributed by atoms with Crippen LogP contribution in [0.2, 0.25) is 0 Å². The smallest absolute Gasteiger partial charge is 0.257 e. The van der Waals surface area contributed by atoms with Gasteiger partial charge in [0.25, 0.3) is 5.91 Å². The van der Waals surface area contributed by atoms with Crippen LogP contribution >= 0.6 is 0 Å². The average molecular weight is 417 g/mol. The highest BCUT2D eigenvalue weighted by molar-refractivity contribution is 6.25. The lowest BCUT2D eigenvalue weighted by atomic mass is 9.78. The molecular formula is C26H28N2O3. The van der Waals surface area contributed by atoms with Crippen molar-refractivity contribution in [1.82, 2.24) is 0 Å². The minimum absolute atomic E-state index is 0.00438. The van der Waals surface area contributed by atoms with Gasteiger partial charge in [-0.15, -0.1) is 0 Å². The van der Waals surface area contributed by atoms with Gasteiger partial charge < -0.3 is 5.32 Å². The van der Waals surface area contributed by atoms with Gasteiger partial charge in [-0.2, -0.15) is 0 Å². The number of rotatable bonds is 5. The zero-order valence-electron chi connectivity index (χ0n) is 18.2. The molecule has 160 valence electrons. The summed E-state index contributed by atoms with van der Waals surface area (Å²) in [5, 5.41) is 3.06. The number of aryl methyl sites for hydroxylation is 2. The summed E-state index contributed by atoms with van der Waals surface area (Å²) in [5.41, 5.74) is 3.63. The quantitative estimate of drug-likeness (QED) is 0.564. The molecule has 4 rings (SSSR count). The van der Waals surface area contributed by atoms with Gasteiger partial charge in [0.2, 0.25) is 11.8 Å². The molecule has 0 saturated carbocycles. The van der Waals surface area contributed by atoms with Crippen molar-refractivity contribution in [2.24, 2.45) is 17.8 Å². The van der Waals surface area contributed by atoms with Crippen LogP contribution in [0.3, 0.4) is 0 Å². The topological polar surface area (TPSA) is 66.5 Å². The number of benzene rings is 2. The fourth-order valence-corrected chi connectivity index (χ4v) is 4.83. The van der Waals surface area contributed by atoms with Crippen LogP contribution in [0.25, 0.3) is 0 Å². The van der Waals surface area contributed by atoms with Gasteiger partial charge in [0.15, 0.2) is 0 Å². The van der Waals surface area contributed by atoms with E-state index < -0.39 is 0 Å². The van der Waals surface area contributed by atoms with Crippen molar-refractivity contribution in [2.75, 3.05) is 10.2 Å². The molecule has 31 heavy (non-hydrogen) atoms. The molecule has 0 aromatic heterocycles. The largest absolute Gasteiger partial charge is 0.321 e. The predicted molar refractivity (Wildman–Crippen MR) is 122 cm³/mol. The second-order valence-corrected chi connectivity index (χ2v) is 8.30. The van der Waals surface area contributed by atoms with Gasteiger partial charge in [-0.05, 0) is 48.4 Å². The van der Waals surface area contributed by atoms with Crippen LogP contribution in [0, 0.1) is 17.8 Å². The fraction of sp³-hybridized carbons (Fsp3) is 0.346. The lowest BCUT2D eigenvalue weighted by Gasteiger charge is -2.22. The number of nitrogens with one attached hydrogen (secondary N) is 1. The summed E-state index contributed by atoms with van der Waals surface area (Å²) in [6, 6.07) is 12.9. The summed E-state index contributed by atoms with van der Waals surface area (Å²) in [6.45, 7) is 6.07. The molecule has 0 unspecified atom stereocenters. The van der Waals surface area contributed by atoms with E-state index in [0.717, 1.165) is 29.7 Å². The predicted octanol–water partition coefficient (Wildman–Crippen LogP) is 4.77. The van der Waals surface area contributed by atoms with Gasteiger partial charge in [-0.25, -0.2) is 4.90 Å². The van der Waals surface area contributed by atoms with Crippen LogP contribution in [0.5, 0.6) is 0 Å². The number of para-hydroxylation sites is 2. The van der Waals surface area contributed by atoms with Gasteiger partial charge in [-0.3, -0.25) is 14.4 Å². The van der Waals surface area contributed by atoms with Crippen LogP contribution in [0.1, 0.15) is 48.7 Å². The van der Waals surface area contributed by atoms with Gasteiger partial charge >= 0.3 is 0 Å². The second kappa shape index (κ2) is 8.50. The first-order chi connectivity index (χ1) is 15.0. The second-order valence-electron chi connectivity index (χ2n) is 8.30. The van der Waals surface area contributed by atoms with E-state index in [1.165, 1.54) is 4.90 Å². The Morgan fingerprint density at radius 1 is 1.00 bits per heavy atom. The molecule has 2 aromatic carbocycles. The maximum Gasteiger partial charge on any atom is 0.257 e. The Balaban J connectivity index is 1.70.